The van der Waals surface area contributed by atoms with Gasteiger partial charge in [0.2, 0.25) is 10.0 Å². The number of carbonyl (C=O) groups excluding carboxylic acids is 1. The molecule has 3 unspecified atom stereocenters. The van der Waals surface area contributed by atoms with Gasteiger partial charge in [-0.3, -0.25) is 4.79 Å². The molecule has 1 amide bonds. The Morgan fingerprint density at radius 1 is 1.25 bits per heavy atom. The molecule has 3 atom stereocenters. The Balaban J connectivity index is 1.66. The molecule has 0 aromatic heterocycles. The number of sulfonamides is 1. The molecule has 1 saturated heterocycles. The molecular weight excluding hydrogens is 322 g/mol. The standard InChI is InChI=1S/C19H23NO3S/c1-18(2)15-10-11-19(18)13-24(22,23)20(16(19)12-15)17(21)9-8-14-6-4-3-5-7-14/h3-9,15-16H,10-13H2,1-2H3/b9-8+. The Kier molecular flexibility index (Phi) is 3.27. The van der Waals surface area contributed by atoms with Crippen LogP contribution in [0.4, 0.5) is 0 Å². The summed E-state index contributed by atoms with van der Waals surface area (Å²) in [6, 6.07) is 9.32. The van der Waals surface area contributed by atoms with Crippen molar-refractivity contribution in [2.75, 3.05) is 5.75 Å². The van der Waals surface area contributed by atoms with Gasteiger partial charge in [-0.2, -0.15) is 0 Å². The molecule has 1 aliphatic heterocycles. The summed E-state index contributed by atoms with van der Waals surface area (Å²) in [7, 11) is -3.53. The van der Waals surface area contributed by atoms with Gasteiger partial charge in [-0.05, 0) is 42.2 Å². The molecule has 1 aromatic carbocycles. The zero-order valence-corrected chi connectivity index (χ0v) is 14.9. The normalized spacial score (nSPS) is 35.5. The topological polar surface area (TPSA) is 54.5 Å². The fourth-order valence-electron chi connectivity index (χ4n) is 5.38. The first-order valence-corrected chi connectivity index (χ1v) is 10.2. The predicted octanol–water partition coefficient (Wildman–Crippen LogP) is 3.07. The number of carbonyl (C=O) groups is 1. The summed E-state index contributed by atoms with van der Waals surface area (Å²) in [6.07, 6.45) is 5.92. The van der Waals surface area contributed by atoms with Gasteiger partial charge in [0, 0.05) is 11.5 Å². The molecule has 5 heteroatoms. The van der Waals surface area contributed by atoms with Gasteiger partial charge in [-0.25, -0.2) is 12.7 Å². The highest BCUT2D eigenvalue weighted by Gasteiger charge is 2.72. The summed E-state index contributed by atoms with van der Waals surface area (Å²) in [5, 5.41) is 0. The molecule has 1 spiro atoms. The van der Waals surface area contributed by atoms with E-state index in [0.717, 1.165) is 24.8 Å². The lowest BCUT2D eigenvalue weighted by Gasteiger charge is -2.36. The van der Waals surface area contributed by atoms with Crippen LogP contribution in [0.5, 0.6) is 0 Å². The van der Waals surface area contributed by atoms with Crippen LogP contribution in [0.1, 0.15) is 38.7 Å². The van der Waals surface area contributed by atoms with Crippen LogP contribution in [-0.4, -0.2) is 30.4 Å². The molecule has 1 heterocycles. The highest BCUT2D eigenvalue weighted by molar-refractivity contribution is 7.90. The van der Waals surface area contributed by atoms with Crippen LogP contribution in [0.25, 0.3) is 6.08 Å². The van der Waals surface area contributed by atoms with E-state index in [0.29, 0.717) is 5.92 Å². The quantitative estimate of drug-likeness (QED) is 0.774. The lowest BCUT2D eigenvalue weighted by Crippen LogP contribution is -2.43. The molecule has 2 bridgehead atoms. The maximum atomic E-state index is 12.8. The van der Waals surface area contributed by atoms with Gasteiger partial charge in [0.1, 0.15) is 0 Å². The highest BCUT2D eigenvalue weighted by Crippen LogP contribution is 2.69. The van der Waals surface area contributed by atoms with Gasteiger partial charge in [0.15, 0.2) is 0 Å². The zero-order chi connectivity index (χ0) is 17.2. The van der Waals surface area contributed by atoms with Crippen molar-refractivity contribution in [1.29, 1.82) is 0 Å². The van der Waals surface area contributed by atoms with E-state index in [1.54, 1.807) is 6.08 Å². The van der Waals surface area contributed by atoms with Gasteiger partial charge in [0.05, 0.1) is 11.8 Å². The fraction of sp³-hybridized carbons (Fsp3) is 0.526. The maximum Gasteiger partial charge on any atom is 0.260 e. The highest BCUT2D eigenvalue weighted by atomic mass is 32.2. The second kappa shape index (κ2) is 4.94. The number of rotatable bonds is 2. The summed E-state index contributed by atoms with van der Waals surface area (Å²) in [5.74, 6) is 0.245. The van der Waals surface area contributed by atoms with Gasteiger partial charge < -0.3 is 0 Å². The minimum Gasteiger partial charge on any atom is -0.269 e. The summed E-state index contributed by atoms with van der Waals surface area (Å²) in [5.41, 5.74) is 0.626. The number of fused-ring (bicyclic) bond motifs is 1. The van der Waals surface area contributed by atoms with E-state index in [9.17, 15) is 13.2 Å². The van der Waals surface area contributed by atoms with Crippen LogP contribution >= 0.6 is 0 Å². The van der Waals surface area contributed by atoms with Crippen LogP contribution < -0.4 is 0 Å². The average Bonchev–Trinajstić information content (AvgIpc) is 3.01. The molecule has 3 aliphatic rings. The van der Waals surface area contributed by atoms with Crippen molar-refractivity contribution in [2.24, 2.45) is 16.7 Å². The van der Waals surface area contributed by atoms with Crippen LogP contribution in [0.2, 0.25) is 0 Å². The minimum atomic E-state index is -3.53. The number of benzene rings is 1. The first-order chi connectivity index (χ1) is 11.3. The lowest BCUT2D eigenvalue weighted by molar-refractivity contribution is -0.123. The predicted molar refractivity (Wildman–Crippen MR) is 93.5 cm³/mol. The number of hydrogen-bond acceptors (Lipinski definition) is 3. The molecule has 4 nitrogen and oxygen atoms in total. The molecule has 2 saturated carbocycles. The van der Waals surface area contributed by atoms with E-state index in [4.69, 9.17) is 0 Å². The fourth-order valence-corrected chi connectivity index (χ4v) is 7.89. The van der Waals surface area contributed by atoms with Crippen LogP contribution in [0, 0.1) is 16.7 Å². The maximum absolute atomic E-state index is 12.8. The first-order valence-electron chi connectivity index (χ1n) is 8.57. The molecule has 128 valence electrons. The Bertz CT molecular complexity index is 812. The average molecular weight is 345 g/mol. The number of hydrogen-bond donors (Lipinski definition) is 0. The van der Waals surface area contributed by atoms with Crippen molar-refractivity contribution in [1.82, 2.24) is 4.31 Å². The van der Waals surface area contributed by atoms with Crippen LogP contribution in [0.15, 0.2) is 36.4 Å². The third kappa shape index (κ3) is 1.97. The van der Waals surface area contributed by atoms with Crippen LogP contribution in [0.3, 0.4) is 0 Å². The smallest absolute Gasteiger partial charge is 0.260 e. The van der Waals surface area contributed by atoms with Crippen molar-refractivity contribution in [3.05, 3.63) is 42.0 Å². The number of nitrogens with zero attached hydrogens (tertiary/aromatic N) is 1. The van der Waals surface area contributed by atoms with Gasteiger partial charge in [-0.1, -0.05) is 44.2 Å². The second-order valence-corrected chi connectivity index (χ2v) is 9.85. The number of amides is 1. The van der Waals surface area contributed by atoms with Crippen molar-refractivity contribution in [2.45, 2.75) is 39.2 Å². The molecule has 2 aliphatic carbocycles. The summed E-state index contributed by atoms with van der Waals surface area (Å²) < 4.78 is 26.7. The largest absolute Gasteiger partial charge is 0.269 e. The van der Waals surface area contributed by atoms with Gasteiger partial charge >= 0.3 is 0 Å². The molecule has 0 radical (unpaired) electrons. The Labute approximate surface area is 143 Å². The first kappa shape index (κ1) is 15.9. The Hall–Kier alpha value is -1.62. The molecule has 24 heavy (non-hydrogen) atoms. The van der Waals surface area contributed by atoms with E-state index < -0.39 is 15.9 Å². The lowest BCUT2D eigenvalue weighted by atomic mass is 9.69. The van der Waals surface area contributed by atoms with Gasteiger partial charge in [0.25, 0.3) is 5.91 Å². The summed E-state index contributed by atoms with van der Waals surface area (Å²) >= 11 is 0. The molecular formula is C19H23NO3S. The summed E-state index contributed by atoms with van der Waals surface area (Å²) in [6.45, 7) is 4.38. The summed E-state index contributed by atoms with van der Waals surface area (Å²) in [4.78, 5) is 12.7. The van der Waals surface area contributed by atoms with Crippen molar-refractivity contribution < 1.29 is 13.2 Å². The zero-order valence-electron chi connectivity index (χ0n) is 14.1. The van der Waals surface area contributed by atoms with Gasteiger partial charge in [-0.15, -0.1) is 0 Å². The Morgan fingerprint density at radius 3 is 2.62 bits per heavy atom. The van der Waals surface area contributed by atoms with Crippen LogP contribution in [-0.2, 0) is 14.8 Å². The van der Waals surface area contributed by atoms with E-state index >= 15 is 0 Å². The Morgan fingerprint density at radius 2 is 1.96 bits per heavy atom. The third-order valence-corrected chi connectivity index (χ3v) is 8.76. The van der Waals surface area contributed by atoms with Crippen molar-refractivity contribution >= 4 is 22.0 Å². The molecule has 3 fully saturated rings. The second-order valence-electron chi connectivity index (χ2n) is 8.00. The van der Waals surface area contributed by atoms with E-state index in [1.807, 2.05) is 30.3 Å². The van der Waals surface area contributed by atoms with E-state index in [1.165, 1.54) is 10.4 Å². The third-order valence-electron chi connectivity index (χ3n) is 6.85. The van der Waals surface area contributed by atoms with E-state index in [-0.39, 0.29) is 22.6 Å². The molecule has 0 N–H and O–H groups in total. The SMILES string of the molecule is CC1(C)C2CCC13CS(=O)(=O)N(C(=O)/C=C/c1ccccc1)C3C2. The minimum absolute atomic E-state index is 0.0110. The molecule has 1 aromatic rings. The van der Waals surface area contributed by atoms with Crippen molar-refractivity contribution in [3.63, 3.8) is 0 Å². The van der Waals surface area contributed by atoms with E-state index in [2.05, 4.69) is 13.8 Å². The van der Waals surface area contributed by atoms with Crippen molar-refractivity contribution in [3.8, 4) is 0 Å². The monoisotopic (exact) mass is 345 g/mol. The molecule has 4 rings (SSSR count).